The number of rotatable bonds is 9. The number of aryl methyl sites for hydroxylation is 1. The van der Waals surface area contributed by atoms with Crippen molar-refractivity contribution >= 4 is 28.4 Å². The van der Waals surface area contributed by atoms with Crippen LogP contribution in [0.2, 0.25) is 0 Å². The maximum absolute atomic E-state index is 12.4. The molecule has 0 radical (unpaired) electrons. The van der Waals surface area contributed by atoms with E-state index in [4.69, 9.17) is 0 Å². The molecule has 0 saturated carbocycles. The van der Waals surface area contributed by atoms with Crippen LogP contribution in [-0.4, -0.2) is 28.0 Å². The minimum atomic E-state index is -0.614. The molecule has 0 aliphatic carbocycles. The maximum atomic E-state index is 12.4. The second kappa shape index (κ2) is 11.2. The first-order chi connectivity index (χ1) is 17.1. The fourth-order valence-electron chi connectivity index (χ4n) is 3.90. The Morgan fingerprint density at radius 2 is 1.63 bits per heavy atom. The first kappa shape index (κ1) is 23.9. The molecule has 0 aliphatic rings. The predicted octanol–water partition coefficient (Wildman–Crippen LogP) is 5.78. The van der Waals surface area contributed by atoms with Gasteiger partial charge in [0.15, 0.2) is 5.69 Å². The van der Waals surface area contributed by atoms with Crippen LogP contribution in [0.5, 0.6) is 5.88 Å². The quantitative estimate of drug-likeness (QED) is 0.305. The van der Waals surface area contributed by atoms with Crippen LogP contribution in [0.3, 0.4) is 0 Å². The highest BCUT2D eigenvalue weighted by molar-refractivity contribution is 5.97. The summed E-state index contributed by atoms with van der Waals surface area (Å²) in [6.45, 7) is 2.30. The summed E-state index contributed by atoms with van der Waals surface area (Å²) in [5, 5.41) is 21.9. The van der Waals surface area contributed by atoms with Gasteiger partial charge in [0.05, 0.1) is 12.1 Å². The Balaban J connectivity index is 1.43. The fraction of sp³-hybridized carbons (Fsp3) is 0.214. The summed E-state index contributed by atoms with van der Waals surface area (Å²) in [4.78, 5) is 24.7. The number of unbranched alkanes of at least 4 members (excludes halogenated alkanes) is 1. The van der Waals surface area contributed by atoms with Crippen LogP contribution in [-0.2, 0) is 17.8 Å². The van der Waals surface area contributed by atoms with Gasteiger partial charge in [0, 0.05) is 10.9 Å². The Bertz CT molecular complexity index is 1340. The highest BCUT2D eigenvalue weighted by Crippen LogP contribution is 2.39. The van der Waals surface area contributed by atoms with Gasteiger partial charge in [-0.2, -0.15) is 0 Å². The summed E-state index contributed by atoms with van der Waals surface area (Å²) >= 11 is 0. The Kier molecular flexibility index (Phi) is 7.67. The smallest absolute Gasteiger partial charge is 0.283 e. The molecule has 35 heavy (non-hydrogen) atoms. The number of carbonyl (C=O) groups excluding carboxylic acids is 2. The van der Waals surface area contributed by atoms with Crippen LogP contribution < -0.4 is 5.32 Å². The van der Waals surface area contributed by atoms with E-state index in [0.29, 0.717) is 17.5 Å². The van der Waals surface area contributed by atoms with E-state index in [9.17, 15) is 14.7 Å². The van der Waals surface area contributed by atoms with E-state index < -0.39 is 5.91 Å². The van der Waals surface area contributed by atoms with Gasteiger partial charge in [0.25, 0.3) is 11.8 Å². The van der Waals surface area contributed by atoms with Crippen molar-refractivity contribution in [3.05, 3.63) is 95.6 Å². The zero-order valence-electron chi connectivity index (χ0n) is 19.6. The molecule has 7 nitrogen and oxygen atoms in total. The molecule has 0 unspecified atom stereocenters. The molecule has 2 N–H and O–H groups in total. The zero-order valence-corrected chi connectivity index (χ0v) is 19.6. The van der Waals surface area contributed by atoms with E-state index in [0.717, 1.165) is 30.3 Å². The summed E-state index contributed by atoms with van der Waals surface area (Å²) in [6.07, 6.45) is 3.20. The lowest BCUT2D eigenvalue weighted by molar-refractivity contribution is -0.117. The van der Waals surface area contributed by atoms with Crippen molar-refractivity contribution in [1.29, 1.82) is 0 Å². The molecule has 0 bridgehead atoms. The number of hydrogen-bond donors (Lipinski definition) is 2. The largest absolute Gasteiger partial charge is 0.493 e. The number of fused-ring (bicyclic) bond motifs is 1. The summed E-state index contributed by atoms with van der Waals surface area (Å²) < 4.78 is 1.73. The third-order valence-corrected chi connectivity index (χ3v) is 5.80. The molecule has 0 atom stereocenters. The van der Waals surface area contributed by atoms with E-state index >= 15 is 0 Å². The van der Waals surface area contributed by atoms with E-state index in [2.05, 4.69) is 22.5 Å². The van der Waals surface area contributed by atoms with Gasteiger partial charge in [0.2, 0.25) is 5.88 Å². The second-order valence-electron chi connectivity index (χ2n) is 8.34. The van der Waals surface area contributed by atoms with Crippen LogP contribution in [0.25, 0.3) is 10.9 Å². The first-order valence-electron chi connectivity index (χ1n) is 11.7. The highest BCUT2D eigenvalue weighted by atomic mass is 16.3. The van der Waals surface area contributed by atoms with Crippen LogP contribution in [0.15, 0.2) is 89.1 Å². The van der Waals surface area contributed by atoms with Crippen LogP contribution in [0.4, 0.5) is 5.69 Å². The number of carbonyl (C=O) groups is 2. The molecule has 1 heterocycles. The van der Waals surface area contributed by atoms with Crippen LogP contribution >= 0.6 is 0 Å². The molecule has 178 valence electrons. The maximum Gasteiger partial charge on any atom is 0.283 e. The minimum absolute atomic E-state index is 0.0706. The number of benzene rings is 3. The predicted molar refractivity (Wildman–Crippen MR) is 136 cm³/mol. The Morgan fingerprint density at radius 3 is 2.37 bits per heavy atom. The van der Waals surface area contributed by atoms with E-state index in [1.807, 2.05) is 66.7 Å². The van der Waals surface area contributed by atoms with Gasteiger partial charge in [-0.1, -0.05) is 74.0 Å². The normalized spacial score (nSPS) is 11.2. The monoisotopic (exact) mass is 468 g/mol. The fourth-order valence-corrected chi connectivity index (χ4v) is 3.90. The number of nitrogens with one attached hydrogen (secondary N) is 1. The molecule has 0 aliphatic heterocycles. The van der Waals surface area contributed by atoms with E-state index in [-0.39, 0.29) is 24.0 Å². The van der Waals surface area contributed by atoms with Crippen molar-refractivity contribution in [2.75, 3.05) is 6.54 Å². The average Bonchev–Trinajstić information content (AvgIpc) is 3.16. The Morgan fingerprint density at radius 1 is 0.914 bits per heavy atom. The Labute approximate surface area is 204 Å². The molecule has 0 spiro atoms. The van der Waals surface area contributed by atoms with Crippen molar-refractivity contribution in [3.63, 3.8) is 0 Å². The van der Waals surface area contributed by atoms with E-state index in [1.165, 1.54) is 5.56 Å². The van der Waals surface area contributed by atoms with Crippen molar-refractivity contribution in [2.24, 2.45) is 10.2 Å². The molecular formula is C28H28N4O3. The second-order valence-corrected chi connectivity index (χ2v) is 8.34. The molecule has 7 heteroatoms. The standard InChI is InChI=1S/C28H28N4O3/c1-2-3-9-20-14-16-22(17-15-20)27(34)29-18-25(33)30-31-26-23-12-7-8-13-24(23)32(28(26)35)19-21-10-5-4-6-11-21/h4-8,10-17,35H,2-3,9,18-19H2,1H3,(H,29,34). The molecule has 0 fully saturated rings. The third kappa shape index (κ3) is 5.81. The number of amides is 2. The Hall–Kier alpha value is -4.26. The van der Waals surface area contributed by atoms with Gasteiger partial charge in [-0.3, -0.25) is 9.59 Å². The van der Waals surface area contributed by atoms with Gasteiger partial charge < -0.3 is 15.0 Å². The minimum Gasteiger partial charge on any atom is -0.493 e. The number of para-hydroxylation sites is 1. The van der Waals surface area contributed by atoms with Gasteiger partial charge >= 0.3 is 0 Å². The summed E-state index contributed by atoms with van der Waals surface area (Å²) in [7, 11) is 0. The van der Waals surface area contributed by atoms with Crippen molar-refractivity contribution in [3.8, 4) is 5.88 Å². The average molecular weight is 469 g/mol. The molecule has 3 aromatic carbocycles. The molecular weight excluding hydrogens is 440 g/mol. The van der Waals surface area contributed by atoms with Crippen LogP contribution in [0.1, 0.15) is 41.3 Å². The van der Waals surface area contributed by atoms with Crippen LogP contribution in [0, 0.1) is 0 Å². The van der Waals surface area contributed by atoms with Crippen molar-refractivity contribution in [2.45, 2.75) is 32.7 Å². The first-order valence-corrected chi connectivity index (χ1v) is 11.7. The molecule has 4 rings (SSSR count). The highest BCUT2D eigenvalue weighted by Gasteiger charge is 2.17. The third-order valence-electron chi connectivity index (χ3n) is 5.80. The van der Waals surface area contributed by atoms with Crippen molar-refractivity contribution in [1.82, 2.24) is 9.88 Å². The number of hydrogen-bond acceptors (Lipinski definition) is 4. The van der Waals surface area contributed by atoms with Crippen molar-refractivity contribution < 1.29 is 14.7 Å². The van der Waals surface area contributed by atoms with E-state index in [1.54, 1.807) is 16.7 Å². The summed E-state index contributed by atoms with van der Waals surface area (Å²) in [5.74, 6) is -1.03. The zero-order chi connectivity index (χ0) is 24.6. The number of azo groups is 1. The summed E-state index contributed by atoms with van der Waals surface area (Å²) in [6, 6.07) is 24.5. The SMILES string of the molecule is CCCCc1ccc(C(=O)NCC(=O)N=Nc2c(O)n(Cc3ccccc3)c3ccccc23)cc1. The van der Waals surface area contributed by atoms with Gasteiger partial charge in [-0.15, -0.1) is 10.2 Å². The molecule has 1 aromatic heterocycles. The number of nitrogens with zero attached hydrogens (tertiary/aromatic N) is 3. The van der Waals surface area contributed by atoms with Gasteiger partial charge in [-0.05, 0) is 42.2 Å². The van der Waals surface area contributed by atoms with Gasteiger partial charge in [0.1, 0.15) is 6.54 Å². The molecule has 4 aromatic rings. The lowest BCUT2D eigenvalue weighted by Crippen LogP contribution is -2.28. The summed E-state index contributed by atoms with van der Waals surface area (Å²) in [5.41, 5.74) is 3.69. The lowest BCUT2D eigenvalue weighted by Gasteiger charge is -2.06. The van der Waals surface area contributed by atoms with Gasteiger partial charge in [-0.25, -0.2) is 0 Å². The number of aromatic hydroxyl groups is 1. The lowest BCUT2D eigenvalue weighted by atomic mass is 10.1. The number of aromatic nitrogens is 1. The molecule has 2 amide bonds. The topological polar surface area (TPSA) is 96.1 Å². The molecule has 0 saturated heterocycles.